The van der Waals surface area contributed by atoms with E-state index in [-0.39, 0.29) is 30.3 Å². The van der Waals surface area contributed by atoms with Gasteiger partial charge in [0.1, 0.15) is 0 Å². The normalized spacial score (nSPS) is 23.5. The number of carbonyl (C=O) groups excluding carboxylic acids is 1. The van der Waals surface area contributed by atoms with E-state index in [0.717, 1.165) is 25.9 Å². The predicted octanol–water partition coefficient (Wildman–Crippen LogP) is 2.68. The highest BCUT2D eigenvalue weighted by molar-refractivity contribution is 5.85. The topological polar surface area (TPSA) is 41.1 Å². The van der Waals surface area contributed by atoms with Gasteiger partial charge in [-0.05, 0) is 43.7 Å². The summed E-state index contributed by atoms with van der Waals surface area (Å²) >= 11 is 0. The highest BCUT2D eigenvalue weighted by Gasteiger charge is 2.34. The van der Waals surface area contributed by atoms with Gasteiger partial charge in [-0.2, -0.15) is 0 Å². The molecular weight excluding hydrogens is 272 g/mol. The summed E-state index contributed by atoms with van der Waals surface area (Å²) in [6.45, 7) is 1.88. The summed E-state index contributed by atoms with van der Waals surface area (Å²) in [5, 5.41) is 6.60. The maximum atomic E-state index is 12.4. The van der Waals surface area contributed by atoms with Crippen LogP contribution < -0.4 is 10.6 Å². The van der Waals surface area contributed by atoms with E-state index in [1.54, 1.807) is 0 Å². The number of hydrogen-bond acceptors (Lipinski definition) is 2. The van der Waals surface area contributed by atoms with E-state index >= 15 is 0 Å². The zero-order valence-electron chi connectivity index (χ0n) is 11.7. The van der Waals surface area contributed by atoms with Gasteiger partial charge in [-0.1, -0.05) is 30.3 Å². The molecule has 1 unspecified atom stereocenters. The van der Waals surface area contributed by atoms with Crippen molar-refractivity contribution in [2.24, 2.45) is 11.8 Å². The molecule has 2 atom stereocenters. The lowest BCUT2D eigenvalue weighted by atomic mass is 9.96. The molecule has 1 amide bonds. The third-order valence-corrected chi connectivity index (χ3v) is 4.22. The Morgan fingerprint density at radius 3 is 2.55 bits per heavy atom. The molecule has 3 nitrogen and oxygen atoms in total. The Balaban J connectivity index is 0.00000147. The van der Waals surface area contributed by atoms with Crippen LogP contribution in [0, 0.1) is 11.8 Å². The molecule has 2 N–H and O–H groups in total. The second kappa shape index (κ2) is 7.09. The molecule has 1 aromatic rings. The predicted molar refractivity (Wildman–Crippen MR) is 82.9 cm³/mol. The zero-order valence-corrected chi connectivity index (χ0v) is 12.5. The number of halogens is 1. The monoisotopic (exact) mass is 294 g/mol. The van der Waals surface area contributed by atoms with Crippen molar-refractivity contribution in [3.05, 3.63) is 35.9 Å². The summed E-state index contributed by atoms with van der Waals surface area (Å²) < 4.78 is 0. The lowest BCUT2D eigenvalue weighted by molar-refractivity contribution is -0.126. The molecule has 4 heteroatoms. The number of hydrogen-bond donors (Lipinski definition) is 2. The first-order valence-electron chi connectivity index (χ1n) is 7.40. The van der Waals surface area contributed by atoms with Crippen LogP contribution in [0.15, 0.2) is 30.3 Å². The van der Waals surface area contributed by atoms with Crippen molar-refractivity contribution < 1.29 is 4.79 Å². The fourth-order valence-corrected chi connectivity index (χ4v) is 2.91. The minimum absolute atomic E-state index is 0. The van der Waals surface area contributed by atoms with E-state index in [0.29, 0.717) is 5.92 Å². The first-order valence-corrected chi connectivity index (χ1v) is 7.40. The first kappa shape index (κ1) is 15.3. The lowest BCUT2D eigenvalue weighted by Gasteiger charge is -2.25. The number of rotatable bonds is 4. The molecule has 1 heterocycles. The van der Waals surface area contributed by atoms with Crippen molar-refractivity contribution in [1.82, 2.24) is 10.6 Å². The standard InChI is InChI=1S/C16H22N2O.ClH/c19-16(14-7-4-10-17-11-14)18-15(13-8-9-13)12-5-2-1-3-6-12;/h1-3,5-6,13-15,17H,4,7-11H2,(H,18,19);1H/t14-,15?;/m1./s1. The first-order chi connectivity index (χ1) is 9.34. The molecule has 1 aromatic carbocycles. The van der Waals surface area contributed by atoms with Crippen LogP contribution in [0.4, 0.5) is 0 Å². The van der Waals surface area contributed by atoms with Crippen LogP contribution >= 0.6 is 12.4 Å². The quantitative estimate of drug-likeness (QED) is 0.896. The van der Waals surface area contributed by atoms with Crippen LogP contribution in [0.25, 0.3) is 0 Å². The van der Waals surface area contributed by atoms with Crippen molar-refractivity contribution in [2.45, 2.75) is 31.7 Å². The Labute approximate surface area is 126 Å². The number of nitrogens with one attached hydrogen (secondary N) is 2. The third-order valence-electron chi connectivity index (χ3n) is 4.22. The number of piperidine rings is 1. The maximum Gasteiger partial charge on any atom is 0.224 e. The van der Waals surface area contributed by atoms with Gasteiger partial charge in [-0.25, -0.2) is 0 Å². The van der Waals surface area contributed by atoms with Gasteiger partial charge in [0.2, 0.25) is 5.91 Å². The minimum atomic E-state index is 0. The van der Waals surface area contributed by atoms with Gasteiger partial charge in [-0.3, -0.25) is 4.79 Å². The molecule has 20 heavy (non-hydrogen) atoms. The van der Waals surface area contributed by atoms with Crippen LogP contribution in [0.3, 0.4) is 0 Å². The SMILES string of the molecule is Cl.O=C(NC(c1ccccc1)C1CC1)[C@@H]1CCCNC1. The molecule has 1 aliphatic heterocycles. The van der Waals surface area contributed by atoms with Gasteiger partial charge in [0.05, 0.1) is 12.0 Å². The second-order valence-corrected chi connectivity index (χ2v) is 5.78. The fraction of sp³-hybridized carbons (Fsp3) is 0.562. The number of carbonyl (C=O) groups is 1. The molecule has 1 saturated carbocycles. The van der Waals surface area contributed by atoms with Crippen LogP contribution in [0.2, 0.25) is 0 Å². The van der Waals surface area contributed by atoms with Gasteiger partial charge in [0.15, 0.2) is 0 Å². The van der Waals surface area contributed by atoms with Crippen molar-refractivity contribution in [3.8, 4) is 0 Å². The molecule has 0 aromatic heterocycles. The highest BCUT2D eigenvalue weighted by Crippen LogP contribution is 2.41. The van der Waals surface area contributed by atoms with Crippen molar-refractivity contribution >= 4 is 18.3 Å². The molecule has 1 aliphatic carbocycles. The van der Waals surface area contributed by atoms with E-state index < -0.39 is 0 Å². The second-order valence-electron chi connectivity index (χ2n) is 5.78. The van der Waals surface area contributed by atoms with E-state index in [2.05, 4.69) is 34.9 Å². The highest BCUT2D eigenvalue weighted by atomic mass is 35.5. The molecular formula is C16H23ClN2O. The Hall–Kier alpha value is -1.06. The third kappa shape index (κ3) is 3.74. The van der Waals surface area contributed by atoms with E-state index in [4.69, 9.17) is 0 Å². The van der Waals surface area contributed by atoms with Gasteiger partial charge in [-0.15, -0.1) is 12.4 Å². The van der Waals surface area contributed by atoms with E-state index in [9.17, 15) is 4.79 Å². The molecule has 0 radical (unpaired) electrons. The van der Waals surface area contributed by atoms with Crippen molar-refractivity contribution in [1.29, 1.82) is 0 Å². The summed E-state index contributed by atoms with van der Waals surface area (Å²) in [4.78, 5) is 12.4. The van der Waals surface area contributed by atoms with Gasteiger partial charge >= 0.3 is 0 Å². The average molecular weight is 295 g/mol. The molecule has 2 aliphatic rings. The average Bonchev–Trinajstić information content (AvgIpc) is 3.31. The summed E-state index contributed by atoms with van der Waals surface area (Å²) in [7, 11) is 0. The Morgan fingerprint density at radius 1 is 1.20 bits per heavy atom. The van der Waals surface area contributed by atoms with Crippen molar-refractivity contribution in [3.63, 3.8) is 0 Å². The summed E-state index contributed by atoms with van der Waals surface area (Å²) in [6, 6.07) is 10.6. The van der Waals surface area contributed by atoms with Crippen molar-refractivity contribution in [2.75, 3.05) is 13.1 Å². The minimum Gasteiger partial charge on any atom is -0.349 e. The fourth-order valence-electron chi connectivity index (χ4n) is 2.91. The van der Waals surface area contributed by atoms with Crippen LogP contribution in [0.5, 0.6) is 0 Å². The zero-order chi connectivity index (χ0) is 13.1. The molecule has 0 spiro atoms. The molecule has 2 fully saturated rings. The van der Waals surface area contributed by atoms with Crippen LogP contribution in [-0.4, -0.2) is 19.0 Å². The van der Waals surface area contributed by atoms with Gasteiger partial charge in [0, 0.05) is 6.54 Å². The summed E-state index contributed by atoms with van der Waals surface area (Å²) in [5.41, 5.74) is 1.25. The largest absolute Gasteiger partial charge is 0.349 e. The maximum absolute atomic E-state index is 12.4. The van der Waals surface area contributed by atoms with Crippen LogP contribution in [-0.2, 0) is 4.79 Å². The van der Waals surface area contributed by atoms with E-state index in [1.807, 2.05) is 6.07 Å². The van der Waals surface area contributed by atoms with E-state index in [1.165, 1.54) is 18.4 Å². The Morgan fingerprint density at radius 2 is 1.95 bits per heavy atom. The molecule has 110 valence electrons. The Kier molecular flexibility index (Phi) is 5.44. The molecule has 0 bridgehead atoms. The van der Waals surface area contributed by atoms with Crippen LogP contribution in [0.1, 0.15) is 37.3 Å². The molecule has 1 saturated heterocycles. The van der Waals surface area contributed by atoms with Gasteiger partial charge < -0.3 is 10.6 Å². The van der Waals surface area contributed by atoms with Gasteiger partial charge in [0.25, 0.3) is 0 Å². The lowest BCUT2D eigenvalue weighted by Crippen LogP contribution is -2.42. The molecule has 3 rings (SSSR count). The number of amides is 1. The smallest absolute Gasteiger partial charge is 0.224 e. The summed E-state index contributed by atoms with van der Waals surface area (Å²) in [5.74, 6) is 1.02. The Bertz CT molecular complexity index is 427. The number of benzene rings is 1. The summed E-state index contributed by atoms with van der Waals surface area (Å²) in [6.07, 6.45) is 4.61.